The first-order valence-corrected chi connectivity index (χ1v) is 11.2. The van der Waals surface area contributed by atoms with Crippen molar-refractivity contribution in [2.75, 3.05) is 40.4 Å². The van der Waals surface area contributed by atoms with Crippen LogP contribution in [-0.2, 0) is 9.59 Å². The number of fused-ring (bicyclic) bond motifs is 1. The van der Waals surface area contributed by atoms with Crippen LogP contribution in [-0.4, -0.2) is 67.0 Å². The zero-order valence-electron chi connectivity index (χ0n) is 18.0. The largest absolute Gasteiger partial charge is 0.507 e. The van der Waals surface area contributed by atoms with E-state index in [1.807, 2.05) is 43.3 Å². The van der Waals surface area contributed by atoms with Crippen LogP contribution in [0.15, 0.2) is 52.5 Å². The predicted octanol–water partition coefficient (Wildman–Crippen LogP) is 3.59. The molecule has 2 aromatic rings. The highest BCUT2D eigenvalue weighted by Crippen LogP contribution is 2.41. The summed E-state index contributed by atoms with van der Waals surface area (Å²) >= 11 is 3.47. The number of benzene rings is 2. The first-order valence-electron chi connectivity index (χ1n) is 10.5. The van der Waals surface area contributed by atoms with Crippen LogP contribution in [0.2, 0.25) is 0 Å². The summed E-state index contributed by atoms with van der Waals surface area (Å²) in [6.45, 7) is 2.04. The molecule has 8 heteroatoms. The van der Waals surface area contributed by atoms with Gasteiger partial charge in [0.05, 0.1) is 11.6 Å². The van der Waals surface area contributed by atoms with E-state index in [0.29, 0.717) is 43.2 Å². The van der Waals surface area contributed by atoms with Gasteiger partial charge in [-0.25, -0.2) is 0 Å². The van der Waals surface area contributed by atoms with E-state index in [-0.39, 0.29) is 11.3 Å². The summed E-state index contributed by atoms with van der Waals surface area (Å²) in [4.78, 5) is 29.7. The molecular weight excluding hydrogens is 476 g/mol. The van der Waals surface area contributed by atoms with E-state index in [4.69, 9.17) is 9.47 Å². The Kier molecular flexibility index (Phi) is 6.53. The molecule has 0 bridgehead atoms. The fourth-order valence-electron chi connectivity index (χ4n) is 4.04. The number of nitrogens with zero attached hydrogens (tertiary/aromatic N) is 2. The first-order chi connectivity index (χ1) is 15.4. The second kappa shape index (κ2) is 9.34. The average Bonchev–Trinajstić information content (AvgIpc) is 3.03. The highest BCUT2D eigenvalue weighted by molar-refractivity contribution is 9.10. The van der Waals surface area contributed by atoms with Gasteiger partial charge in [-0.2, -0.15) is 0 Å². The van der Waals surface area contributed by atoms with Gasteiger partial charge < -0.3 is 24.4 Å². The first kappa shape index (κ1) is 22.4. The quantitative estimate of drug-likeness (QED) is 0.370. The summed E-state index contributed by atoms with van der Waals surface area (Å²) in [6.07, 6.45) is 0.703. The number of ketones is 1. The molecule has 1 fully saturated rings. The Morgan fingerprint density at radius 2 is 1.88 bits per heavy atom. The van der Waals surface area contributed by atoms with Gasteiger partial charge in [0.15, 0.2) is 11.5 Å². The van der Waals surface area contributed by atoms with Crippen LogP contribution in [0.25, 0.3) is 5.76 Å². The van der Waals surface area contributed by atoms with E-state index in [1.165, 1.54) is 0 Å². The maximum absolute atomic E-state index is 13.1. The van der Waals surface area contributed by atoms with Crippen LogP contribution >= 0.6 is 15.9 Å². The third-order valence-corrected chi connectivity index (χ3v) is 6.02. The molecule has 1 atom stereocenters. The molecule has 2 aliphatic rings. The van der Waals surface area contributed by atoms with Gasteiger partial charge in [-0.05, 0) is 63.0 Å². The molecule has 4 rings (SSSR count). The smallest absolute Gasteiger partial charge is 0.295 e. The topological polar surface area (TPSA) is 79.3 Å². The van der Waals surface area contributed by atoms with Crippen molar-refractivity contribution < 1.29 is 24.2 Å². The van der Waals surface area contributed by atoms with Crippen LogP contribution in [0.1, 0.15) is 23.6 Å². The van der Waals surface area contributed by atoms with Crippen LogP contribution in [0.4, 0.5) is 0 Å². The molecule has 32 heavy (non-hydrogen) atoms. The lowest BCUT2D eigenvalue weighted by Crippen LogP contribution is -2.32. The monoisotopic (exact) mass is 500 g/mol. The summed E-state index contributed by atoms with van der Waals surface area (Å²) in [5.74, 6) is -0.430. The molecule has 7 nitrogen and oxygen atoms in total. The number of hydrogen-bond donors (Lipinski definition) is 1. The number of amides is 1. The zero-order chi connectivity index (χ0) is 22.8. The Hall–Kier alpha value is -2.84. The molecule has 1 amide bonds. The molecule has 2 heterocycles. The van der Waals surface area contributed by atoms with Gasteiger partial charge in [-0.1, -0.05) is 28.1 Å². The summed E-state index contributed by atoms with van der Waals surface area (Å²) in [6, 6.07) is 11.8. The number of likely N-dealkylation sites (tertiary alicyclic amines) is 1. The maximum Gasteiger partial charge on any atom is 0.295 e. The third-order valence-electron chi connectivity index (χ3n) is 5.52. The zero-order valence-corrected chi connectivity index (χ0v) is 19.6. The second-order valence-corrected chi connectivity index (χ2v) is 8.98. The molecule has 1 N–H and O–H groups in total. The van der Waals surface area contributed by atoms with Crippen molar-refractivity contribution in [2.24, 2.45) is 0 Å². The average molecular weight is 501 g/mol. The Morgan fingerprint density at radius 1 is 1.12 bits per heavy atom. The van der Waals surface area contributed by atoms with Crippen LogP contribution in [0, 0.1) is 0 Å². The molecule has 2 aromatic carbocycles. The molecule has 168 valence electrons. The number of halogens is 1. The molecule has 0 spiro atoms. The lowest BCUT2D eigenvalue weighted by molar-refractivity contribution is -0.139. The minimum Gasteiger partial charge on any atom is -0.507 e. The van der Waals surface area contributed by atoms with E-state index in [9.17, 15) is 14.7 Å². The minimum atomic E-state index is -0.688. The van der Waals surface area contributed by atoms with Crippen molar-refractivity contribution in [2.45, 2.75) is 12.5 Å². The van der Waals surface area contributed by atoms with Gasteiger partial charge in [-0.3, -0.25) is 9.59 Å². The van der Waals surface area contributed by atoms with Crippen molar-refractivity contribution in [1.82, 2.24) is 9.80 Å². The summed E-state index contributed by atoms with van der Waals surface area (Å²) < 4.78 is 12.0. The molecule has 2 aliphatic heterocycles. The maximum atomic E-state index is 13.1. The number of carbonyl (C=O) groups is 2. The van der Waals surface area contributed by atoms with Gasteiger partial charge in [0.2, 0.25) is 0 Å². The van der Waals surface area contributed by atoms with E-state index < -0.39 is 17.7 Å². The van der Waals surface area contributed by atoms with E-state index in [2.05, 4.69) is 15.9 Å². The number of hydrogen-bond acceptors (Lipinski definition) is 6. The van der Waals surface area contributed by atoms with Crippen LogP contribution in [0.5, 0.6) is 11.5 Å². The third kappa shape index (κ3) is 4.38. The Morgan fingerprint density at radius 3 is 2.59 bits per heavy atom. The number of ether oxygens (including phenoxy) is 2. The number of rotatable bonds is 6. The molecule has 0 aliphatic carbocycles. The molecule has 0 saturated carbocycles. The van der Waals surface area contributed by atoms with E-state index >= 15 is 0 Å². The lowest BCUT2D eigenvalue weighted by atomic mass is 9.95. The Balaban J connectivity index is 1.79. The summed E-state index contributed by atoms with van der Waals surface area (Å²) in [5, 5.41) is 11.2. The number of carbonyl (C=O) groups excluding carboxylic acids is 2. The van der Waals surface area contributed by atoms with Gasteiger partial charge in [0.25, 0.3) is 11.7 Å². The van der Waals surface area contributed by atoms with Gasteiger partial charge in [-0.15, -0.1) is 0 Å². The Labute approximate surface area is 195 Å². The molecule has 0 radical (unpaired) electrons. The lowest BCUT2D eigenvalue weighted by Gasteiger charge is -2.26. The summed E-state index contributed by atoms with van der Waals surface area (Å²) in [5.41, 5.74) is 1.23. The number of Topliss-reactive ketones (excluding diaryl/α,β-unsaturated/α-hetero) is 1. The van der Waals surface area contributed by atoms with E-state index in [1.54, 1.807) is 23.1 Å². The minimum absolute atomic E-state index is 0.0784. The standard InChI is InChI=1S/C24H25BrN2O5/c1-26(2)9-4-10-27-21(15-5-3-6-17(25)13-15)20(23(29)24(27)30)22(28)16-7-8-18-19(14-16)32-12-11-31-18/h3,5-8,13-14,21,28H,4,9-12H2,1-2H3/t21-/m1/s1. The predicted molar refractivity (Wildman–Crippen MR) is 124 cm³/mol. The van der Waals surface area contributed by atoms with Crippen molar-refractivity contribution in [1.29, 1.82) is 0 Å². The Bertz CT molecular complexity index is 1080. The van der Waals surface area contributed by atoms with Gasteiger partial charge in [0, 0.05) is 16.6 Å². The van der Waals surface area contributed by atoms with Crippen molar-refractivity contribution in [3.8, 4) is 11.5 Å². The van der Waals surface area contributed by atoms with Gasteiger partial charge in [0.1, 0.15) is 19.0 Å². The van der Waals surface area contributed by atoms with Crippen molar-refractivity contribution in [3.05, 3.63) is 63.6 Å². The fraction of sp³-hybridized carbons (Fsp3) is 0.333. The van der Waals surface area contributed by atoms with Crippen LogP contribution < -0.4 is 9.47 Å². The molecule has 1 saturated heterocycles. The van der Waals surface area contributed by atoms with Crippen LogP contribution in [0.3, 0.4) is 0 Å². The molecule has 0 aromatic heterocycles. The highest BCUT2D eigenvalue weighted by atomic mass is 79.9. The number of aliphatic hydroxyl groups excluding tert-OH is 1. The normalized spacial score (nSPS) is 19.6. The second-order valence-electron chi connectivity index (χ2n) is 8.06. The highest BCUT2D eigenvalue weighted by Gasteiger charge is 2.45. The van der Waals surface area contributed by atoms with Crippen molar-refractivity contribution >= 4 is 33.4 Å². The molecule has 0 unspecified atom stereocenters. The SMILES string of the molecule is CN(C)CCCN1C(=O)C(=O)C(=C(O)c2ccc3c(c2)OCCO3)[C@H]1c1cccc(Br)c1. The fourth-order valence-corrected chi connectivity index (χ4v) is 4.45. The summed E-state index contributed by atoms with van der Waals surface area (Å²) in [7, 11) is 3.92. The number of aliphatic hydroxyl groups is 1. The molecular formula is C24H25BrN2O5. The van der Waals surface area contributed by atoms with Crippen molar-refractivity contribution in [3.63, 3.8) is 0 Å². The van der Waals surface area contributed by atoms with Gasteiger partial charge >= 0.3 is 0 Å². The van der Waals surface area contributed by atoms with E-state index in [0.717, 1.165) is 16.6 Å².